The van der Waals surface area contributed by atoms with Gasteiger partial charge in [0.1, 0.15) is 5.02 Å². The van der Waals surface area contributed by atoms with Gasteiger partial charge < -0.3 is 4.90 Å². The zero-order valence-electron chi connectivity index (χ0n) is 9.88. The number of carbonyl (C=O) groups excluding carboxylic acids is 1. The number of amides is 1. The summed E-state index contributed by atoms with van der Waals surface area (Å²) in [5.41, 5.74) is 0.440. The summed E-state index contributed by atoms with van der Waals surface area (Å²) in [5.74, 6) is 0. The number of nitrogens with zero attached hydrogens (tertiary/aromatic N) is 3. The van der Waals surface area contributed by atoms with Crippen molar-refractivity contribution in [3.8, 4) is 5.69 Å². The molecule has 7 heteroatoms. The molecule has 0 radical (unpaired) electrons. The topological polar surface area (TPSA) is 55.2 Å². The van der Waals surface area contributed by atoms with Crippen LogP contribution in [-0.4, -0.2) is 23.2 Å². The number of anilines is 1. The monoisotopic (exact) mass is 297 g/mol. The van der Waals surface area contributed by atoms with Crippen LogP contribution in [0.25, 0.3) is 5.69 Å². The van der Waals surface area contributed by atoms with Crippen LogP contribution in [-0.2, 0) is 4.79 Å². The molecule has 0 N–H and O–H groups in total. The van der Waals surface area contributed by atoms with Crippen molar-refractivity contribution in [1.29, 1.82) is 0 Å². The Balaban J connectivity index is 2.73. The average molecular weight is 298 g/mol. The minimum Gasteiger partial charge on any atom is -0.316 e. The molecule has 98 valence electrons. The molecule has 2 aromatic rings. The van der Waals surface area contributed by atoms with E-state index in [0.29, 0.717) is 17.8 Å². The van der Waals surface area contributed by atoms with Gasteiger partial charge >= 0.3 is 0 Å². The number of halogens is 2. The van der Waals surface area contributed by atoms with Crippen molar-refractivity contribution >= 4 is 35.3 Å². The second kappa shape index (κ2) is 5.42. The fourth-order valence-corrected chi connectivity index (χ4v) is 2.02. The SMILES string of the molecule is CN(C=O)c1ccccc1-n1nc(Cl)cc(Cl)c1=O. The summed E-state index contributed by atoms with van der Waals surface area (Å²) >= 11 is 11.6. The highest BCUT2D eigenvalue weighted by Gasteiger charge is 2.13. The molecule has 2 rings (SSSR count). The third-order valence-corrected chi connectivity index (χ3v) is 2.94. The van der Waals surface area contributed by atoms with Crippen molar-refractivity contribution in [2.24, 2.45) is 0 Å². The second-order valence-corrected chi connectivity index (χ2v) is 4.53. The van der Waals surface area contributed by atoms with Crippen molar-refractivity contribution < 1.29 is 4.79 Å². The number of hydrogen-bond acceptors (Lipinski definition) is 3. The van der Waals surface area contributed by atoms with Crippen LogP contribution in [0.3, 0.4) is 0 Å². The molecule has 19 heavy (non-hydrogen) atoms. The van der Waals surface area contributed by atoms with Crippen LogP contribution in [0.1, 0.15) is 0 Å². The normalized spacial score (nSPS) is 10.3. The molecule has 1 aromatic heterocycles. The van der Waals surface area contributed by atoms with E-state index in [2.05, 4.69) is 5.10 Å². The Bertz CT molecular complexity index is 685. The van der Waals surface area contributed by atoms with E-state index in [4.69, 9.17) is 23.2 Å². The zero-order chi connectivity index (χ0) is 14.0. The van der Waals surface area contributed by atoms with E-state index in [1.54, 1.807) is 31.3 Å². The molecule has 0 atom stereocenters. The number of hydrogen-bond donors (Lipinski definition) is 0. The molecule has 1 aromatic carbocycles. The van der Waals surface area contributed by atoms with Gasteiger partial charge in [0.15, 0.2) is 5.15 Å². The molecule has 1 heterocycles. The average Bonchev–Trinajstić information content (AvgIpc) is 2.42. The van der Waals surface area contributed by atoms with E-state index in [0.717, 1.165) is 4.68 Å². The Labute approximate surface area is 119 Å². The molecule has 0 saturated carbocycles. The predicted octanol–water partition coefficient (Wildman–Crippen LogP) is 2.13. The summed E-state index contributed by atoms with van der Waals surface area (Å²) in [6.07, 6.45) is 0.635. The first kappa shape index (κ1) is 13.6. The molecule has 1 amide bonds. The zero-order valence-corrected chi connectivity index (χ0v) is 11.4. The first-order valence-corrected chi connectivity index (χ1v) is 6.03. The highest BCUT2D eigenvalue weighted by Crippen LogP contribution is 2.21. The number of rotatable bonds is 3. The van der Waals surface area contributed by atoms with E-state index in [1.807, 2.05) is 0 Å². The molecule has 0 aliphatic carbocycles. The standard InChI is InChI=1S/C12H9Cl2N3O2/c1-16(7-18)9-4-2-3-5-10(9)17-12(19)8(13)6-11(14)15-17/h2-7H,1H3. The summed E-state index contributed by atoms with van der Waals surface area (Å²) in [5, 5.41) is 3.98. The first-order valence-electron chi connectivity index (χ1n) is 5.27. The van der Waals surface area contributed by atoms with Gasteiger partial charge in [0.25, 0.3) is 5.56 Å². The molecule has 0 aliphatic heterocycles. The molecule has 5 nitrogen and oxygen atoms in total. The van der Waals surface area contributed by atoms with Crippen LogP contribution in [0.4, 0.5) is 5.69 Å². The maximum absolute atomic E-state index is 12.0. The van der Waals surface area contributed by atoms with Gasteiger partial charge in [-0.25, -0.2) is 0 Å². The molecule has 0 bridgehead atoms. The summed E-state index contributed by atoms with van der Waals surface area (Å²) in [6, 6.07) is 8.08. The minimum atomic E-state index is -0.502. The van der Waals surface area contributed by atoms with Gasteiger partial charge in [-0.3, -0.25) is 9.59 Å². The molecule has 0 spiro atoms. The third-order valence-electron chi connectivity index (χ3n) is 2.49. The van der Waals surface area contributed by atoms with Gasteiger partial charge in [-0.1, -0.05) is 35.3 Å². The third kappa shape index (κ3) is 2.62. The predicted molar refractivity (Wildman–Crippen MR) is 74.3 cm³/mol. The van der Waals surface area contributed by atoms with E-state index >= 15 is 0 Å². The molecular weight excluding hydrogens is 289 g/mol. The lowest BCUT2D eigenvalue weighted by molar-refractivity contribution is -0.107. The van der Waals surface area contributed by atoms with Gasteiger partial charge in [0.2, 0.25) is 6.41 Å². The Morgan fingerprint density at radius 3 is 2.68 bits per heavy atom. The van der Waals surface area contributed by atoms with Crippen LogP contribution in [0.2, 0.25) is 10.2 Å². The Morgan fingerprint density at radius 1 is 1.32 bits per heavy atom. The van der Waals surface area contributed by atoms with Crippen LogP contribution < -0.4 is 10.5 Å². The fourth-order valence-electron chi connectivity index (χ4n) is 1.60. The highest BCUT2D eigenvalue weighted by molar-refractivity contribution is 6.33. The number of carbonyl (C=O) groups is 1. The largest absolute Gasteiger partial charge is 0.316 e. The number of aromatic nitrogens is 2. The fraction of sp³-hybridized carbons (Fsp3) is 0.0833. The minimum absolute atomic E-state index is 0.0384. The van der Waals surface area contributed by atoms with Gasteiger partial charge in [-0.15, -0.1) is 0 Å². The van der Waals surface area contributed by atoms with Crippen LogP contribution in [0, 0.1) is 0 Å². The molecule has 0 aliphatic rings. The Morgan fingerprint density at radius 2 is 2.00 bits per heavy atom. The van der Waals surface area contributed by atoms with Crippen molar-refractivity contribution in [1.82, 2.24) is 9.78 Å². The van der Waals surface area contributed by atoms with Gasteiger partial charge in [-0.05, 0) is 12.1 Å². The van der Waals surface area contributed by atoms with Crippen LogP contribution >= 0.6 is 23.2 Å². The van der Waals surface area contributed by atoms with Crippen molar-refractivity contribution in [2.75, 3.05) is 11.9 Å². The summed E-state index contributed by atoms with van der Waals surface area (Å²) < 4.78 is 1.07. The summed E-state index contributed by atoms with van der Waals surface area (Å²) in [4.78, 5) is 24.2. The number of benzene rings is 1. The summed E-state index contributed by atoms with van der Waals surface area (Å²) in [7, 11) is 1.57. The molecular formula is C12H9Cl2N3O2. The van der Waals surface area contributed by atoms with Crippen molar-refractivity contribution in [3.05, 3.63) is 50.9 Å². The Hall–Kier alpha value is -1.85. The quantitative estimate of drug-likeness (QED) is 0.816. The molecule has 0 fully saturated rings. The van der Waals surface area contributed by atoms with E-state index in [9.17, 15) is 9.59 Å². The maximum Gasteiger partial charge on any atom is 0.290 e. The lowest BCUT2D eigenvalue weighted by Gasteiger charge is -2.16. The second-order valence-electron chi connectivity index (χ2n) is 3.74. The Kier molecular flexibility index (Phi) is 3.87. The van der Waals surface area contributed by atoms with Crippen molar-refractivity contribution in [3.63, 3.8) is 0 Å². The smallest absolute Gasteiger partial charge is 0.290 e. The molecule has 0 saturated heterocycles. The van der Waals surface area contributed by atoms with Gasteiger partial charge in [0.05, 0.1) is 11.4 Å². The van der Waals surface area contributed by atoms with E-state index in [-0.39, 0.29) is 10.2 Å². The van der Waals surface area contributed by atoms with E-state index in [1.165, 1.54) is 11.0 Å². The van der Waals surface area contributed by atoms with E-state index < -0.39 is 5.56 Å². The maximum atomic E-state index is 12.0. The molecule has 0 unspecified atom stereocenters. The lowest BCUT2D eigenvalue weighted by atomic mass is 10.2. The van der Waals surface area contributed by atoms with Crippen LogP contribution in [0.5, 0.6) is 0 Å². The summed E-state index contributed by atoms with van der Waals surface area (Å²) in [6.45, 7) is 0. The van der Waals surface area contributed by atoms with Gasteiger partial charge in [0, 0.05) is 13.1 Å². The van der Waals surface area contributed by atoms with Gasteiger partial charge in [-0.2, -0.15) is 9.78 Å². The van der Waals surface area contributed by atoms with Crippen molar-refractivity contribution in [2.45, 2.75) is 0 Å². The highest BCUT2D eigenvalue weighted by atomic mass is 35.5. The van der Waals surface area contributed by atoms with Crippen LogP contribution in [0.15, 0.2) is 35.1 Å². The first-order chi connectivity index (χ1) is 9.04. The lowest BCUT2D eigenvalue weighted by Crippen LogP contribution is -2.24. The number of para-hydroxylation sites is 2.